The number of aromatic nitrogens is 3. The Bertz CT molecular complexity index is 1260. The monoisotopic (exact) mass is 402 g/mol. The number of nitrogens with zero attached hydrogens (tertiary/aromatic N) is 3. The molecule has 27 heavy (non-hydrogen) atoms. The van der Waals surface area contributed by atoms with Gasteiger partial charge in [-0.25, -0.2) is 8.42 Å². The van der Waals surface area contributed by atoms with Gasteiger partial charge in [-0.05, 0) is 30.3 Å². The number of pyridine rings is 1. The van der Waals surface area contributed by atoms with Crippen molar-refractivity contribution in [2.75, 3.05) is 7.05 Å². The third kappa shape index (κ3) is 3.42. The number of H-pyrrole nitrogens is 1. The van der Waals surface area contributed by atoms with Crippen molar-refractivity contribution in [2.45, 2.75) is 11.4 Å². The molecule has 138 valence electrons. The molecule has 0 saturated heterocycles. The molecule has 0 saturated carbocycles. The molecule has 1 aromatic carbocycles. The fourth-order valence-corrected chi connectivity index (χ4v) is 4.62. The van der Waals surface area contributed by atoms with Crippen molar-refractivity contribution in [1.82, 2.24) is 19.4 Å². The maximum Gasteiger partial charge on any atom is 0.305 e. The summed E-state index contributed by atoms with van der Waals surface area (Å²) in [5, 5.41) is 3.96. The summed E-state index contributed by atoms with van der Waals surface area (Å²) in [6.45, 7) is 0.0248. The van der Waals surface area contributed by atoms with Gasteiger partial charge in [-0.1, -0.05) is 16.5 Å². The third-order valence-corrected chi connectivity index (χ3v) is 6.64. The van der Waals surface area contributed by atoms with Crippen molar-refractivity contribution >= 4 is 31.6 Å². The highest BCUT2D eigenvalue weighted by Gasteiger charge is 2.23. The van der Waals surface area contributed by atoms with Gasteiger partial charge in [0.05, 0.1) is 21.7 Å². The molecule has 0 spiro atoms. The second kappa shape index (κ2) is 6.72. The Hall–Kier alpha value is -2.82. The molecule has 4 aromatic rings. The molecule has 0 radical (unpaired) electrons. The average molecular weight is 402 g/mol. The summed E-state index contributed by atoms with van der Waals surface area (Å²) in [6.07, 6.45) is 3.31. The number of rotatable bonds is 5. The van der Waals surface area contributed by atoms with E-state index in [1.54, 1.807) is 30.6 Å². The molecule has 8 nitrogen and oxygen atoms in total. The smallest absolute Gasteiger partial charge is 0.305 e. The topological polar surface area (TPSA) is 109 Å². The molecule has 3 heterocycles. The van der Waals surface area contributed by atoms with Crippen LogP contribution in [0.3, 0.4) is 0 Å². The van der Waals surface area contributed by atoms with E-state index in [4.69, 9.17) is 4.52 Å². The Labute approximate surface area is 158 Å². The molecular weight excluding hydrogens is 388 g/mol. The minimum Gasteiger partial charge on any atom is -0.359 e. The van der Waals surface area contributed by atoms with Crippen molar-refractivity contribution in [1.29, 1.82) is 0 Å². The Morgan fingerprint density at radius 3 is 2.89 bits per heavy atom. The van der Waals surface area contributed by atoms with Crippen LogP contribution in [0.5, 0.6) is 0 Å². The van der Waals surface area contributed by atoms with Gasteiger partial charge in [-0.2, -0.15) is 4.31 Å². The third-order valence-electron chi connectivity index (χ3n) is 4.00. The van der Waals surface area contributed by atoms with Gasteiger partial charge in [-0.15, -0.1) is 0 Å². The predicted octanol–water partition coefficient (Wildman–Crippen LogP) is 2.46. The second-order valence-corrected chi connectivity index (χ2v) is 8.91. The van der Waals surface area contributed by atoms with E-state index in [2.05, 4.69) is 15.1 Å². The Kier molecular flexibility index (Phi) is 4.38. The maximum atomic E-state index is 12.8. The van der Waals surface area contributed by atoms with Gasteiger partial charge in [0, 0.05) is 31.1 Å². The minimum absolute atomic E-state index is 0.0248. The molecule has 0 fully saturated rings. The lowest BCUT2D eigenvalue weighted by atomic mass is 10.2. The lowest BCUT2D eigenvalue weighted by Gasteiger charge is -2.15. The zero-order chi connectivity index (χ0) is 19.0. The van der Waals surface area contributed by atoms with Crippen LogP contribution in [0, 0.1) is 0 Å². The Balaban J connectivity index is 1.58. The molecule has 1 N–H and O–H groups in total. The van der Waals surface area contributed by atoms with Crippen LogP contribution in [-0.4, -0.2) is 34.9 Å². The highest BCUT2D eigenvalue weighted by atomic mass is 32.2. The van der Waals surface area contributed by atoms with Crippen LogP contribution in [0.15, 0.2) is 63.0 Å². The number of hydrogen-bond acceptors (Lipinski definition) is 7. The molecule has 3 aromatic heterocycles. The summed E-state index contributed by atoms with van der Waals surface area (Å²) in [5.41, 5.74) is 1.98. The number of sulfonamides is 1. The highest BCUT2D eigenvalue weighted by Crippen LogP contribution is 2.24. The molecule has 0 aliphatic heterocycles. The fourth-order valence-electron chi connectivity index (χ4n) is 2.61. The molecule has 4 rings (SSSR count). The number of aromatic amines is 1. The summed E-state index contributed by atoms with van der Waals surface area (Å²) in [7, 11) is -2.29. The fraction of sp³-hybridized carbons (Fsp3) is 0.118. The van der Waals surface area contributed by atoms with E-state index in [0.717, 1.165) is 16.9 Å². The molecule has 0 aliphatic rings. The van der Waals surface area contributed by atoms with E-state index < -0.39 is 10.0 Å². The second-order valence-electron chi connectivity index (χ2n) is 5.85. The van der Waals surface area contributed by atoms with E-state index in [9.17, 15) is 13.2 Å². The van der Waals surface area contributed by atoms with E-state index in [0.29, 0.717) is 21.7 Å². The van der Waals surface area contributed by atoms with E-state index in [1.165, 1.54) is 23.5 Å². The zero-order valence-corrected chi connectivity index (χ0v) is 15.8. The van der Waals surface area contributed by atoms with Gasteiger partial charge in [0.15, 0.2) is 5.76 Å². The first kappa shape index (κ1) is 17.6. The first-order valence-electron chi connectivity index (χ1n) is 7.89. The SMILES string of the molecule is CN(Cc1cc(-c2cccnc2)no1)S(=O)(=O)c1ccc2[nH]c(=O)sc2c1. The normalized spacial score (nSPS) is 12.1. The highest BCUT2D eigenvalue weighted by molar-refractivity contribution is 7.89. The Morgan fingerprint density at radius 1 is 1.26 bits per heavy atom. The molecular formula is C17H14N4O4S2. The van der Waals surface area contributed by atoms with Gasteiger partial charge < -0.3 is 9.51 Å². The van der Waals surface area contributed by atoms with Crippen LogP contribution >= 0.6 is 11.3 Å². The minimum atomic E-state index is -3.75. The predicted molar refractivity (Wildman–Crippen MR) is 101 cm³/mol. The Morgan fingerprint density at radius 2 is 2.11 bits per heavy atom. The van der Waals surface area contributed by atoms with E-state index in [1.807, 2.05) is 6.07 Å². The molecule has 0 amide bonds. The lowest BCUT2D eigenvalue weighted by Crippen LogP contribution is -2.26. The van der Waals surface area contributed by atoms with E-state index >= 15 is 0 Å². The number of thiazole rings is 1. The van der Waals surface area contributed by atoms with Crippen molar-refractivity contribution in [2.24, 2.45) is 0 Å². The van der Waals surface area contributed by atoms with Gasteiger partial charge in [-0.3, -0.25) is 9.78 Å². The number of hydrogen-bond donors (Lipinski definition) is 1. The number of fused-ring (bicyclic) bond motifs is 1. The zero-order valence-electron chi connectivity index (χ0n) is 14.1. The van der Waals surface area contributed by atoms with Crippen LogP contribution in [0.2, 0.25) is 0 Å². The van der Waals surface area contributed by atoms with Gasteiger partial charge in [0.1, 0.15) is 5.69 Å². The van der Waals surface area contributed by atoms with Crippen molar-refractivity contribution in [3.05, 3.63) is 64.2 Å². The van der Waals surface area contributed by atoms with Gasteiger partial charge >= 0.3 is 4.87 Å². The van der Waals surface area contributed by atoms with Crippen molar-refractivity contribution in [3.8, 4) is 11.3 Å². The first-order valence-corrected chi connectivity index (χ1v) is 10.1. The van der Waals surface area contributed by atoms with Gasteiger partial charge in [0.25, 0.3) is 0 Å². The van der Waals surface area contributed by atoms with Crippen molar-refractivity contribution in [3.63, 3.8) is 0 Å². The number of benzene rings is 1. The molecule has 10 heteroatoms. The first-order chi connectivity index (χ1) is 12.9. The summed E-state index contributed by atoms with van der Waals surface area (Å²) in [6, 6.07) is 9.86. The lowest BCUT2D eigenvalue weighted by molar-refractivity contribution is 0.344. The molecule has 0 aliphatic carbocycles. The summed E-state index contributed by atoms with van der Waals surface area (Å²) < 4.78 is 32.7. The largest absolute Gasteiger partial charge is 0.359 e. The summed E-state index contributed by atoms with van der Waals surface area (Å²) in [4.78, 5) is 18.0. The number of nitrogens with one attached hydrogen (secondary N) is 1. The average Bonchev–Trinajstić information content (AvgIpc) is 3.27. The standard InChI is InChI=1S/C17H14N4O4S2/c1-21(10-12-7-15(20-25-12)11-3-2-6-18-9-11)27(23,24)13-4-5-14-16(8-13)26-17(22)19-14/h2-9H,10H2,1H3,(H,19,22). The summed E-state index contributed by atoms with van der Waals surface area (Å²) >= 11 is 0.971. The maximum absolute atomic E-state index is 12.8. The van der Waals surface area contributed by atoms with Crippen LogP contribution in [0.4, 0.5) is 0 Å². The van der Waals surface area contributed by atoms with Crippen LogP contribution < -0.4 is 4.87 Å². The molecule has 0 atom stereocenters. The van der Waals surface area contributed by atoms with Crippen LogP contribution in [0.1, 0.15) is 5.76 Å². The molecule has 0 bridgehead atoms. The van der Waals surface area contributed by atoms with E-state index in [-0.39, 0.29) is 16.3 Å². The van der Waals surface area contributed by atoms with Crippen LogP contribution in [0.25, 0.3) is 21.5 Å². The summed E-state index contributed by atoms with van der Waals surface area (Å²) in [5.74, 6) is 0.410. The quantitative estimate of drug-likeness (QED) is 0.549. The van der Waals surface area contributed by atoms with Gasteiger partial charge in [0.2, 0.25) is 10.0 Å². The molecule has 0 unspecified atom stereocenters. The van der Waals surface area contributed by atoms with Crippen LogP contribution in [-0.2, 0) is 16.6 Å². The van der Waals surface area contributed by atoms with Crippen molar-refractivity contribution < 1.29 is 12.9 Å².